The smallest absolute Gasteiger partial charge is 0.170 e. The molecule has 0 aliphatic heterocycles. The van der Waals surface area contributed by atoms with E-state index in [-0.39, 0.29) is 5.92 Å². The predicted molar refractivity (Wildman–Crippen MR) is 125 cm³/mol. The van der Waals surface area contributed by atoms with Gasteiger partial charge in [0, 0.05) is 40.1 Å². The molecular weight excluding hydrogens is 382 g/mol. The fourth-order valence-electron chi connectivity index (χ4n) is 3.42. The molecular formula is C23H23N3S2. The highest BCUT2D eigenvalue weighted by molar-refractivity contribution is 7.80. The molecule has 0 fully saturated rings. The largest absolute Gasteiger partial charge is 0.361 e. The van der Waals surface area contributed by atoms with Gasteiger partial charge in [0.1, 0.15) is 0 Å². The van der Waals surface area contributed by atoms with E-state index in [0.717, 1.165) is 17.7 Å². The molecule has 3 N–H and O–H groups in total. The summed E-state index contributed by atoms with van der Waals surface area (Å²) in [5.41, 5.74) is 6.00. The number of H-pyrrole nitrogens is 1. The normalized spacial score (nSPS) is 12.1. The van der Waals surface area contributed by atoms with Crippen LogP contribution in [-0.4, -0.2) is 16.6 Å². The lowest BCUT2D eigenvalue weighted by Gasteiger charge is -2.18. The first-order chi connectivity index (χ1) is 13.6. The van der Waals surface area contributed by atoms with Crippen LogP contribution < -0.4 is 10.6 Å². The van der Waals surface area contributed by atoms with Crippen molar-refractivity contribution in [1.82, 2.24) is 10.3 Å². The van der Waals surface area contributed by atoms with Crippen molar-refractivity contribution in [3.63, 3.8) is 0 Å². The molecule has 2 heterocycles. The lowest BCUT2D eigenvalue weighted by Crippen LogP contribution is -2.32. The Morgan fingerprint density at radius 2 is 1.93 bits per heavy atom. The van der Waals surface area contributed by atoms with E-state index in [1.807, 2.05) is 0 Å². The quantitative estimate of drug-likeness (QED) is 0.359. The van der Waals surface area contributed by atoms with Crippen molar-refractivity contribution < 1.29 is 0 Å². The number of aryl methyl sites for hydroxylation is 2. The molecule has 1 atom stereocenters. The number of anilines is 1. The lowest BCUT2D eigenvalue weighted by molar-refractivity contribution is 0.778. The predicted octanol–water partition coefficient (Wildman–Crippen LogP) is 5.96. The Bertz CT molecular complexity index is 1100. The molecule has 5 heteroatoms. The van der Waals surface area contributed by atoms with Gasteiger partial charge >= 0.3 is 0 Å². The van der Waals surface area contributed by atoms with Crippen molar-refractivity contribution in [2.75, 3.05) is 11.9 Å². The van der Waals surface area contributed by atoms with E-state index in [4.69, 9.17) is 12.2 Å². The molecule has 0 saturated heterocycles. The van der Waals surface area contributed by atoms with Crippen LogP contribution >= 0.6 is 23.6 Å². The number of hydrogen-bond acceptors (Lipinski definition) is 2. The van der Waals surface area contributed by atoms with E-state index in [1.54, 1.807) is 11.3 Å². The van der Waals surface area contributed by atoms with Gasteiger partial charge in [-0.05, 0) is 72.4 Å². The third kappa shape index (κ3) is 3.96. The molecule has 4 rings (SSSR count). The molecule has 0 aliphatic carbocycles. The molecule has 28 heavy (non-hydrogen) atoms. The number of hydrogen-bond donors (Lipinski definition) is 3. The average Bonchev–Trinajstić information content (AvgIpc) is 3.36. The zero-order valence-corrected chi connectivity index (χ0v) is 17.6. The number of para-hydroxylation sites is 1. The molecule has 4 aromatic rings. The monoisotopic (exact) mass is 405 g/mol. The van der Waals surface area contributed by atoms with E-state index in [2.05, 4.69) is 95.6 Å². The maximum atomic E-state index is 5.56. The van der Waals surface area contributed by atoms with E-state index >= 15 is 0 Å². The summed E-state index contributed by atoms with van der Waals surface area (Å²) in [4.78, 5) is 4.72. The minimum Gasteiger partial charge on any atom is -0.361 e. The standard InChI is InChI=1S/C23H23N3S2/c1-15-9-10-17(12-16(15)2)26-23(27)25-14-20(22-8-5-11-28-22)19-13-24-21-7-4-3-6-18(19)21/h3-13,20,24H,14H2,1-2H3,(H2,25,26,27). The molecule has 0 radical (unpaired) electrons. The van der Waals surface area contributed by atoms with Gasteiger partial charge in [0.25, 0.3) is 0 Å². The second-order valence-electron chi connectivity index (χ2n) is 6.99. The molecule has 0 aliphatic rings. The van der Waals surface area contributed by atoms with Crippen LogP contribution in [0, 0.1) is 13.8 Å². The summed E-state index contributed by atoms with van der Waals surface area (Å²) in [6.07, 6.45) is 2.12. The second-order valence-corrected chi connectivity index (χ2v) is 8.38. The Hall–Kier alpha value is -2.63. The maximum absolute atomic E-state index is 5.56. The Kier molecular flexibility index (Phi) is 5.46. The van der Waals surface area contributed by atoms with E-state index in [0.29, 0.717) is 5.11 Å². The molecule has 0 saturated carbocycles. The summed E-state index contributed by atoms with van der Waals surface area (Å²) in [7, 11) is 0. The van der Waals surface area contributed by atoms with Crippen LogP contribution in [0.3, 0.4) is 0 Å². The van der Waals surface area contributed by atoms with Crippen LogP contribution in [0.15, 0.2) is 66.2 Å². The Balaban J connectivity index is 1.52. The van der Waals surface area contributed by atoms with Crippen LogP contribution in [0.5, 0.6) is 0 Å². The van der Waals surface area contributed by atoms with Crippen molar-refractivity contribution >= 4 is 45.3 Å². The summed E-state index contributed by atoms with van der Waals surface area (Å²) < 4.78 is 0. The number of benzene rings is 2. The van der Waals surface area contributed by atoms with Crippen LogP contribution in [0.4, 0.5) is 5.69 Å². The number of aromatic amines is 1. The number of thiophene rings is 1. The molecule has 1 unspecified atom stereocenters. The Morgan fingerprint density at radius 3 is 2.71 bits per heavy atom. The average molecular weight is 406 g/mol. The van der Waals surface area contributed by atoms with Crippen LogP contribution in [-0.2, 0) is 0 Å². The van der Waals surface area contributed by atoms with Gasteiger partial charge in [0.05, 0.1) is 0 Å². The molecule has 3 nitrogen and oxygen atoms in total. The number of rotatable bonds is 5. The van der Waals surface area contributed by atoms with Crippen LogP contribution in [0.1, 0.15) is 27.5 Å². The van der Waals surface area contributed by atoms with Gasteiger partial charge in [-0.15, -0.1) is 11.3 Å². The minimum atomic E-state index is 0.232. The van der Waals surface area contributed by atoms with Crippen molar-refractivity contribution in [2.24, 2.45) is 0 Å². The van der Waals surface area contributed by atoms with Crippen LogP contribution in [0.2, 0.25) is 0 Å². The second kappa shape index (κ2) is 8.17. The van der Waals surface area contributed by atoms with Gasteiger partial charge in [0.2, 0.25) is 0 Å². The summed E-state index contributed by atoms with van der Waals surface area (Å²) >= 11 is 7.34. The van der Waals surface area contributed by atoms with Crippen molar-refractivity contribution in [3.8, 4) is 0 Å². The first-order valence-corrected chi connectivity index (χ1v) is 10.6. The fourth-order valence-corrected chi connectivity index (χ4v) is 4.47. The first kappa shape index (κ1) is 18.7. The summed E-state index contributed by atoms with van der Waals surface area (Å²) in [6, 6.07) is 19.0. The van der Waals surface area contributed by atoms with Crippen molar-refractivity contribution in [3.05, 3.63) is 87.7 Å². The maximum Gasteiger partial charge on any atom is 0.170 e. The first-order valence-electron chi connectivity index (χ1n) is 9.33. The molecule has 0 amide bonds. The van der Waals surface area contributed by atoms with Gasteiger partial charge in [0.15, 0.2) is 5.11 Å². The van der Waals surface area contributed by atoms with E-state index in [9.17, 15) is 0 Å². The number of thiocarbonyl (C=S) groups is 1. The SMILES string of the molecule is Cc1ccc(NC(=S)NCC(c2cccs2)c2c[nH]c3ccccc23)cc1C. The highest BCUT2D eigenvalue weighted by Crippen LogP contribution is 2.32. The van der Waals surface area contributed by atoms with Gasteiger partial charge in [-0.25, -0.2) is 0 Å². The summed E-state index contributed by atoms with van der Waals surface area (Å²) in [5, 5.41) is 10.8. The Morgan fingerprint density at radius 1 is 1.07 bits per heavy atom. The Labute approximate surface area is 174 Å². The number of fused-ring (bicyclic) bond motifs is 1. The highest BCUT2D eigenvalue weighted by atomic mass is 32.1. The molecule has 2 aromatic carbocycles. The van der Waals surface area contributed by atoms with E-state index in [1.165, 1.54) is 27.0 Å². The highest BCUT2D eigenvalue weighted by Gasteiger charge is 2.19. The fraction of sp³-hybridized carbons (Fsp3) is 0.174. The lowest BCUT2D eigenvalue weighted by atomic mass is 9.97. The molecule has 0 spiro atoms. The van der Waals surface area contributed by atoms with Gasteiger partial charge in [-0.1, -0.05) is 30.3 Å². The topological polar surface area (TPSA) is 39.8 Å². The number of aromatic nitrogens is 1. The third-order valence-electron chi connectivity index (χ3n) is 5.11. The summed E-state index contributed by atoms with van der Waals surface area (Å²) in [6.45, 7) is 4.96. The van der Waals surface area contributed by atoms with Gasteiger partial charge in [-0.2, -0.15) is 0 Å². The van der Waals surface area contributed by atoms with Gasteiger partial charge < -0.3 is 15.6 Å². The zero-order valence-electron chi connectivity index (χ0n) is 16.0. The van der Waals surface area contributed by atoms with Crippen LogP contribution in [0.25, 0.3) is 10.9 Å². The van der Waals surface area contributed by atoms with Gasteiger partial charge in [-0.3, -0.25) is 0 Å². The molecule has 0 bridgehead atoms. The zero-order chi connectivity index (χ0) is 19.5. The third-order valence-corrected chi connectivity index (χ3v) is 6.35. The molecule has 2 aromatic heterocycles. The van der Waals surface area contributed by atoms with Crippen molar-refractivity contribution in [2.45, 2.75) is 19.8 Å². The van der Waals surface area contributed by atoms with E-state index < -0.39 is 0 Å². The van der Waals surface area contributed by atoms with Crippen molar-refractivity contribution in [1.29, 1.82) is 0 Å². The minimum absolute atomic E-state index is 0.232. The summed E-state index contributed by atoms with van der Waals surface area (Å²) in [5.74, 6) is 0.232. The number of nitrogens with one attached hydrogen (secondary N) is 3. The molecule has 142 valence electrons.